The van der Waals surface area contributed by atoms with E-state index in [0.717, 1.165) is 19.4 Å². The van der Waals surface area contributed by atoms with Gasteiger partial charge in [0.25, 0.3) is 0 Å². The molecule has 0 aromatic rings. The zero-order valence-electron chi connectivity index (χ0n) is 9.03. The summed E-state index contributed by atoms with van der Waals surface area (Å²) in [5.41, 5.74) is 0. The Hall–Kier alpha value is -1.26. The van der Waals surface area contributed by atoms with E-state index in [9.17, 15) is 9.59 Å². The molecule has 1 atom stereocenters. The number of nitrogens with zero attached hydrogens (tertiary/aromatic N) is 1. The number of carbonyl (C=O) groups is 2. The van der Waals surface area contributed by atoms with Crippen LogP contribution < -0.4 is 5.32 Å². The molecule has 2 N–H and O–H groups in total. The average molecular weight is 214 g/mol. The Labute approximate surface area is 89.4 Å². The first-order valence-corrected chi connectivity index (χ1v) is 5.38. The Morgan fingerprint density at radius 1 is 1.67 bits per heavy atom. The molecule has 1 rings (SSSR count). The van der Waals surface area contributed by atoms with Crippen LogP contribution in [0.15, 0.2) is 0 Å². The summed E-state index contributed by atoms with van der Waals surface area (Å²) in [6.07, 6.45) is 2.13. The Kier molecular flexibility index (Phi) is 4.39. The van der Waals surface area contributed by atoms with Gasteiger partial charge in [-0.3, -0.25) is 4.79 Å². The summed E-state index contributed by atoms with van der Waals surface area (Å²) < 4.78 is 0. The third-order valence-corrected chi connectivity index (χ3v) is 2.55. The van der Waals surface area contributed by atoms with Crippen molar-refractivity contribution in [1.82, 2.24) is 10.2 Å². The Morgan fingerprint density at radius 2 is 2.40 bits per heavy atom. The maximum Gasteiger partial charge on any atom is 0.317 e. The summed E-state index contributed by atoms with van der Waals surface area (Å²) in [4.78, 5) is 23.6. The molecule has 5 nitrogen and oxygen atoms in total. The minimum Gasteiger partial charge on any atom is -0.481 e. The van der Waals surface area contributed by atoms with Gasteiger partial charge in [-0.1, -0.05) is 13.3 Å². The molecule has 15 heavy (non-hydrogen) atoms. The summed E-state index contributed by atoms with van der Waals surface area (Å²) in [5, 5.41) is 11.4. The Bertz CT molecular complexity index is 243. The van der Waals surface area contributed by atoms with Crippen LogP contribution in [0.4, 0.5) is 4.79 Å². The molecule has 1 aliphatic heterocycles. The fraction of sp³-hybridized carbons (Fsp3) is 0.800. The van der Waals surface area contributed by atoms with Gasteiger partial charge < -0.3 is 15.3 Å². The van der Waals surface area contributed by atoms with Gasteiger partial charge in [-0.25, -0.2) is 4.79 Å². The van der Waals surface area contributed by atoms with Gasteiger partial charge in [0.1, 0.15) is 0 Å². The molecule has 5 heteroatoms. The fourth-order valence-corrected chi connectivity index (χ4v) is 1.73. The maximum atomic E-state index is 11.4. The number of rotatable bonds is 5. The van der Waals surface area contributed by atoms with E-state index >= 15 is 0 Å². The Balaban J connectivity index is 2.40. The van der Waals surface area contributed by atoms with Gasteiger partial charge in [-0.15, -0.1) is 0 Å². The Morgan fingerprint density at radius 3 is 3.00 bits per heavy atom. The minimum absolute atomic E-state index is 0.0389. The predicted octanol–water partition coefficient (Wildman–Crippen LogP) is 0.903. The number of nitrogens with one attached hydrogen (secondary N) is 1. The summed E-state index contributed by atoms with van der Waals surface area (Å²) in [6.45, 7) is 3.83. The molecule has 0 aromatic carbocycles. The standard InChI is InChI=1S/C10H18N2O3/c1-2-3-4-12-7-8(5-9(13)14)6-11-10(12)15/h8H,2-7H2,1H3,(H,11,15)(H,13,14). The zero-order chi connectivity index (χ0) is 11.3. The molecule has 0 aromatic heterocycles. The highest BCUT2D eigenvalue weighted by Gasteiger charge is 2.25. The van der Waals surface area contributed by atoms with E-state index in [1.165, 1.54) is 0 Å². The number of hydrogen-bond acceptors (Lipinski definition) is 2. The van der Waals surface area contributed by atoms with Crippen LogP contribution in [0.5, 0.6) is 0 Å². The number of urea groups is 1. The van der Waals surface area contributed by atoms with E-state index in [1.54, 1.807) is 4.90 Å². The number of carboxylic acids is 1. The fourth-order valence-electron chi connectivity index (χ4n) is 1.73. The largest absolute Gasteiger partial charge is 0.481 e. The number of hydrogen-bond donors (Lipinski definition) is 2. The summed E-state index contributed by atoms with van der Waals surface area (Å²) in [6, 6.07) is -0.0647. The molecule has 1 saturated heterocycles. The molecule has 0 aliphatic carbocycles. The lowest BCUT2D eigenvalue weighted by Crippen LogP contribution is -2.51. The van der Waals surface area contributed by atoms with Crippen molar-refractivity contribution in [3.05, 3.63) is 0 Å². The maximum absolute atomic E-state index is 11.4. The molecule has 0 saturated carbocycles. The number of amides is 2. The molecule has 1 aliphatic rings. The molecule has 0 bridgehead atoms. The normalized spacial score (nSPS) is 21.3. The second kappa shape index (κ2) is 5.58. The van der Waals surface area contributed by atoms with Crippen molar-refractivity contribution >= 4 is 12.0 Å². The van der Waals surface area contributed by atoms with Crippen molar-refractivity contribution < 1.29 is 14.7 Å². The van der Waals surface area contributed by atoms with Crippen LogP contribution in [0, 0.1) is 5.92 Å². The van der Waals surface area contributed by atoms with Gasteiger partial charge in [0.2, 0.25) is 0 Å². The SMILES string of the molecule is CCCCN1CC(CC(=O)O)CNC1=O. The first-order chi connectivity index (χ1) is 7.13. The molecule has 1 heterocycles. The van der Waals surface area contributed by atoms with E-state index in [0.29, 0.717) is 13.1 Å². The number of carbonyl (C=O) groups excluding carboxylic acids is 1. The molecular weight excluding hydrogens is 196 g/mol. The van der Waals surface area contributed by atoms with E-state index < -0.39 is 5.97 Å². The predicted molar refractivity (Wildman–Crippen MR) is 55.6 cm³/mol. The molecule has 1 unspecified atom stereocenters. The number of aliphatic carboxylic acids is 1. The van der Waals surface area contributed by atoms with Gasteiger partial charge in [0.05, 0.1) is 6.42 Å². The minimum atomic E-state index is -0.799. The first-order valence-electron chi connectivity index (χ1n) is 5.38. The van der Waals surface area contributed by atoms with E-state index in [2.05, 4.69) is 12.2 Å². The van der Waals surface area contributed by atoms with E-state index in [1.807, 2.05) is 0 Å². The van der Waals surface area contributed by atoms with Gasteiger partial charge in [-0.05, 0) is 6.42 Å². The van der Waals surface area contributed by atoms with Gasteiger partial charge in [-0.2, -0.15) is 0 Å². The lowest BCUT2D eigenvalue weighted by Gasteiger charge is -2.32. The van der Waals surface area contributed by atoms with Crippen LogP contribution >= 0.6 is 0 Å². The molecule has 2 amide bonds. The first kappa shape index (κ1) is 11.8. The third kappa shape index (κ3) is 3.77. The highest BCUT2D eigenvalue weighted by atomic mass is 16.4. The van der Waals surface area contributed by atoms with Crippen molar-refractivity contribution in [2.24, 2.45) is 5.92 Å². The molecular formula is C10H18N2O3. The van der Waals surface area contributed by atoms with Crippen LogP contribution in [0.2, 0.25) is 0 Å². The topological polar surface area (TPSA) is 69.6 Å². The van der Waals surface area contributed by atoms with Crippen molar-refractivity contribution in [2.45, 2.75) is 26.2 Å². The highest BCUT2D eigenvalue weighted by Crippen LogP contribution is 2.11. The molecule has 86 valence electrons. The molecule has 0 spiro atoms. The van der Waals surface area contributed by atoms with Crippen LogP contribution in [-0.4, -0.2) is 41.6 Å². The van der Waals surface area contributed by atoms with Crippen molar-refractivity contribution in [3.63, 3.8) is 0 Å². The second-order valence-corrected chi connectivity index (χ2v) is 3.95. The monoisotopic (exact) mass is 214 g/mol. The average Bonchev–Trinajstić information content (AvgIpc) is 2.18. The second-order valence-electron chi connectivity index (χ2n) is 3.95. The van der Waals surface area contributed by atoms with Crippen molar-refractivity contribution in [1.29, 1.82) is 0 Å². The number of unbranched alkanes of at least 4 members (excludes halogenated alkanes) is 1. The highest BCUT2D eigenvalue weighted by molar-refractivity contribution is 5.75. The van der Waals surface area contributed by atoms with Crippen molar-refractivity contribution in [3.8, 4) is 0 Å². The summed E-state index contributed by atoms with van der Waals surface area (Å²) in [7, 11) is 0. The number of carboxylic acid groups (broad SMARTS) is 1. The zero-order valence-corrected chi connectivity index (χ0v) is 9.03. The van der Waals surface area contributed by atoms with Crippen LogP contribution in [0.25, 0.3) is 0 Å². The third-order valence-electron chi connectivity index (χ3n) is 2.55. The van der Waals surface area contributed by atoms with Gasteiger partial charge >= 0.3 is 12.0 Å². The summed E-state index contributed by atoms with van der Waals surface area (Å²) >= 11 is 0. The van der Waals surface area contributed by atoms with Gasteiger partial charge in [0.15, 0.2) is 0 Å². The molecule has 1 fully saturated rings. The van der Waals surface area contributed by atoms with Gasteiger partial charge in [0, 0.05) is 25.6 Å². The lowest BCUT2D eigenvalue weighted by molar-refractivity contribution is -0.138. The van der Waals surface area contributed by atoms with E-state index in [-0.39, 0.29) is 18.4 Å². The van der Waals surface area contributed by atoms with Crippen LogP contribution in [-0.2, 0) is 4.79 Å². The quantitative estimate of drug-likeness (QED) is 0.714. The van der Waals surface area contributed by atoms with Crippen LogP contribution in [0.3, 0.4) is 0 Å². The molecule has 0 radical (unpaired) electrons. The van der Waals surface area contributed by atoms with Crippen molar-refractivity contribution in [2.75, 3.05) is 19.6 Å². The summed E-state index contributed by atoms with van der Waals surface area (Å²) in [5.74, 6) is -0.761. The van der Waals surface area contributed by atoms with Crippen LogP contribution in [0.1, 0.15) is 26.2 Å². The van der Waals surface area contributed by atoms with E-state index in [4.69, 9.17) is 5.11 Å². The smallest absolute Gasteiger partial charge is 0.317 e. The lowest BCUT2D eigenvalue weighted by atomic mass is 10.0.